The summed E-state index contributed by atoms with van der Waals surface area (Å²) in [6, 6.07) is 6.14. The van der Waals surface area contributed by atoms with Crippen molar-refractivity contribution in [3.63, 3.8) is 0 Å². The summed E-state index contributed by atoms with van der Waals surface area (Å²) < 4.78 is 1.53. The molecule has 0 aliphatic heterocycles. The molecule has 0 bridgehead atoms. The molecule has 27 heavy (non-hydrogen) atoms. The molecule has 1 aromatic heterocycles. The largest absolute Gasteiger partial charge is 0.386 e. The molecule has 4 N–H and O–H groups in total. The van der Waals surface area contributed by atoms with Gasteiger partial charge in [0.25, 0.3) is 0 Å². The second kappa shape index (κ2) is 8.81. The second-order valence-electron chi connectivity index (χ2n) is 5.79. The van der Waals surface area contributed by atoms with Gasteiger partial charge in [0.2, 0.25) is 0 Å². The van der Waals surface area contributed by atoms with E-state index in [9.17, 15) is 19.5 Å². The molecule has 10 nitrogen and oxygen atoms in total. The van der Waals surface area contributed by atoms with Gasteiger partial charge in [-0.3, -0.25) is 19.2 Å². The van der Waals surface area contributed by atoms with E-state index in [2.05, 4.69) is 21.0 Å². The van der Waals surface area contributed by atoms with Crippen LogP contribution in [-0.4, -0.2) is 53.4 Å². The number of aliphatic hydroxyl groups excluding tert-OH is 1. The lowest BCUT2D eigenvalue weighted by Gasteiger charge is -2.17. The average Bonchev–Trinajstić information content (AvgIpc) is 3.11. The van der Waals surface area contributed by atoms with E-state index in [1.807, 2.05) is 0 Å². The summed E-state index contributed by atoms with van der Waals surface area (Å²) in [6.07, 6.45) is 2.14. The van der Waals surface area contributed by atoms with Crippen molar-refractivity contribution in [2.75, 3.05) is 30.9 Å². The summed E-state index contributed by atoms with van der Waals surface area (Å²) in [5.41, 5.74) is 1.56. The third-order valence-corrected chi connectivity index (χ3v) is 3.80. The zero-order chi connectivity index (χ0) is 20.0. The second-order valence-corrected chi connectivity index (χ2v) is 5.79. The van der Waals surface area contributed by atoms with Crippen molar-refractivity contribution in [1.29, 1.82) is 0 Å². The Balaban J connectivity index is 1.86. The minimum Gasteiger partial charge on any atom is -0.386 e. The van der Waals surface area contributed by atoms with Gasteiger partial charge in [-0.2, -0.15) is 5.10 Å². The van der Waals surface area contributed by atoms with Crippen LogP contribution in [0.1, 0.15) is 11.7 Å². The zero-order valence-corrected chi connectivity index (χ0v) is 15.3. The molecule has 0 radical (unpaired) electrons. The molecule has 144 valence electrons. The van der Waals surface area contributed by atoms with Gasteiger partial charge in [0.15, 0.2) is 0 Å². The van der Waals surface area contributed by atoms with Crippen LogP contribution in [0.25, 0.3) is 0 Å². The van der Waals surface area contributed by atoms with Crippen molar-refractivity contribution in [2.24, 2.45) is 7.05 Å². The van der Waals surface area contributed by atoms with Crippen LogP contribution in [0.15, 0.2) is 36.7 Å². The van der Waals surface area contributed by atoms with E-state index in [0.717, 1.165) is 0 Å². The minimum absolute atomic E-state index is 0.117. The van der Waals surface area contributed by atoms with E-state index in [1.165, 1.54) is 22.8 Å². The molecule has 2 rings (SSSR count). The number of nitrogens with zero attached hydrogens (tertiary/aromatic N) is 3. The summed E-state index contributed by atoms with van der Waals surface area (Å²) in [7, 11) is 4.84. The molecular weight excluding hydrogens is 352 g/mol. The Morgan fingerprint density at radius 2 is 1.89 bits per heavy atom. The van der Waals surface area contributed by atoms with Crippen molar-refractivity contribution < 1.29 is 19.5 Å². The average molecular weight is 374 g/mol. The van der Waals surface area contributed by atoms with Gasteiger partial charge in [-0.05, 0) is 24.3 Å². The first-order valence-electron chi connectivity index (χ1n) is 8.13. The number of anilines is 2. The lowest BCUT2D eigenvalue weighted by molar-refractivity contribution is -0.136. The number of hydrogen-bond acceptors (Lipinski definition) is 5. The number of aromatic nitrogens is 2. The van der Waals surface area contributed by atoms with Crippen molar-refractivity contribution in [1.82, 2.24) is 20.4 Å². The maximum atomic E-state index is 11.9. The quantitative estimate of drug-likeness (QED) is 0.547. The SMILES string of the molecule is CNC(=O)N(C)c1ccc(NC(=O)C(=O)NCC(O)c2cnn(C)c2)cc1. The number of amides is 4. The first kappa shape index (κ1) is 19.9. The molecule has 1 unspecified atom stereocenters. The Kier molecular flexibility index (Phi) is 6.50. The number of urea groups is 1. The molecule has 0 aliphatic carbocycles. The molecule has 1 atom stereocenters. The van der Waals surface area contributed by atoms with E-state index in [4.69, 9.17) is 0 Å². The van der Waals surface area contributed by atoms with Gasteiger partial charge < -0.3 is 21.1 Å². The molecule has 0 spiro atoms. The van der Waals surface area contributed by atoms with Crippen molar-refractivity contribution in [3.8, 4) is 0 Å². The summed E-state index contributed by atoms with van der Waals surface area (Å²) in [6.45, 7) is -0.117. The smallest absolute Gasteiger partial charge is 0.321 e. The Labute approximate surface area is 156 Å². The van der Waals surface area contributed by atoms with Gasteiger partial charge in [-0.15, -0.1) is 0 Å². The summed E-state index contributed by atoms with van der Waals surface area (Å²) >= 11 is 0. The first-order chi connectivity index (χ1) is 12.8. The molecule has 10 heteroatoms. The molecule has 1 aromatic carbocycles. The number of benzene rings is 1. The maximum absolute atomic E-state index is 11.9. The number of aryl methyl sites for hydroxylation is 1. The highest BCUT2D eigenvalue weighted by atomic mass is 16.3. The van der Waals surface area contributed by atoms with Crippen LogP contribution < -0.4 is 20.9 Å². The van der Waals surface area contributed by atoms with E-state index in [0.29, 0.717) is 16.9 Å². The van der Waals surface area contributed by atoms with Crippen molar-refractivity contribution >= 4 is 29.2 Å². The van der Waals surface area contributed by atoms with E-state index in [1.54, 1.807) is 44.6 Å². The zero-order valence-electron chi connectivity index (χ0n) is 15.3. The highest BCUT2D eigenvalue weighted by Gasteiger charge is 2.17. The van der Waals surface area contributed by atoms with Gasteiger partial charge in [0.05, 0.1) is 12.3 Å². The van der Waals surface area contributed by atoms with Crippen LogP contribution in [0.4, 0.5) is 16.2 Å². The van der Waals surface area contributed by atoms with Crippen LogP contribution >= 0.6 is 0 Å². The fraction of sp³-hybridized carbons (Fsp3) is 0.294. The normalized spacial score (nSPS) is 11.4. The predicted molar refractivity (Wildman–Crippen MR) is 99.1 cm³/mol. The maximum Gasteiger partial charge on any atom is 0.321 e. The number of rotatable bonds is 5. The highest BCUT2D eigenvalue weighted by molar-refractivity contribution is 6.39. The third kappa shape index (κ3) is 5.28. The molecular formula is C17H22N6O4. The van der Waals surface area contributed by atoms with Gasteiger partial charge in [-0.1, -0.05) is 0 Å². The number of hydrogen-bond donors (Lipinski definition) is 4. The van der Waals surface area contributed by atoms with Gasteiger partial charge in [-0.25, -0.2) is 4.79 Å². The lowest BCUT2D eigenvalue weighted by Crippen LogP contribution is -2.37. The van der Waals surface area contributed by atoms with E-state index >= 15 is 0 Å². The predicted octanol–water partition coefficient (Wildman–Crippen LogP) is -0.0160. The molecule has 1 heterocycles. The summed E-state index contributed by atoms with van der Waals surface area (Å²) in [4.78, 5) is 36.8. The number of nitrogens with one attached hydrogen (secondary N) is 3. The Bertz CT molecular complexity index is 817. The number of carbonyl (C=O) groups excluding carboxylic acids is 3. The molecule has 0 saturated carbocycles. The van der Waals surface area contributed by atoms with Crippen LogP contribution in [0.5, 0.6) is 0 Å². The van der Waals surface area contributed by atoms with Crippen LogP contribution in [0, 0.1) is 0 Å². The number of carbonyl (C=O) groups is 3. The van der Waals surface area contributed by atoms with Gasteiger partial charge in [0, 0.05) is 50.8 Å². The molecule has 0 fully saturated rings. The Hall–Kier alpha value is -3.40. The molecule has 0 aliphatic rings. The molecule has 0 saturated heterocycles. The Morgan fingerprint density at radius 1 is 1.22 bits per heavy atom. The van der Waals surface area contributed by atoms with Crippen LogP contribution in [0.2, 0.25) is 0 Å². The third-order valence-electron chi connectivity index (χ3n) is 3.80. The van der Waals surface area contributed by atoms with Gasteiger partial charge in [0.1, 0.15) is 0 Å². The standard InChI is InChI=1S/C17H22N6O4/c1-18-17(27)23(3)13-6-4-12(5-7-13)21-16(26)15(25)19-9-14(24)11-8-20-22(2)10-11/h4-8,10,14,24H,9H2,1-3H3,(H,18,27)(H,19,25)(H,21,26). The highest BCUT2D eigenvalue weighted by Crippen LogP contribution is 2.17. The van der Waals surface area contributed by atoms with Crippen molar-refractivity contribution in [2.45, 2.75) is 6.10 Å². The monoisotopic (exact) mass is 374 g/mol. The Morgan fingerprint density at radius 3 is 2.44 bits per heavy atom. The minimum atomic E-state index is -0.963. The lowest BCUT2D eigenvalue weighted by atomic mass is 10.2. The van der Waals surface area contributed by atoms with E-state index in [-0.39, 0.29) is 12.6 Å². The van der Waals surface area contributed by atoms with Crippen LogP contribution in [-0.2, 0) is 16.6 Å². The molecule has 4 amide bonds. The van der Waals surface area contributed by atoms with E-state index < -0.39 is 17.9 Å². The fourth-order valence-corrected chi connectivity index (χ4v) is 2.24. The summed E-state index contributed by atoms with van der Waals surface area (Å²) in [5, 5.41) is 21.2. The fourth-order valence-electron chi connectivity index (χ4n) is 2.24. The van der Waals surface area contributed by atoms with Gasteiger partial charge >= 0.3 is 17.8 Å². The van der Waals surface area contributed by atoms with Crippen molar-refractivity contribution in [3.05, 3.63) is 42.2 Å². The molecule has 2 aromatic rings. The van der Waals surface area contributed by atoms with Crippen LogP contribution in [0.3, 0.4) is 0 Å². The first-order valence-corrected chi connectivity index (χ1v) is 8.13. The summed E-state index contributed by atoms with van der Waals surface area (Å²) in [5.74, 6) is -1.73. The number of aliphatic hydroxyl groups is 1. The topological polar surface area (TPSA) is 129 Å².